The van der Waals surface area contributed by atoms with E-state index >= 15 is 0 Å². The van der Waals surface area contributed by atoms with Crippen molar-refractivity contribution in [2.75, 3.05) is 13.1 Å². The number of piperidine rings is 1. The minimum absolute atomic E-state index is 0.0250. The molecule has 1 rings (SSSR count). The number of nitrogens with zero attached hydrogens (tertiary/aromatic N) is 1. The summed E-state index contributed by atoms with van der Waals surface area (Å²) in [6.45, 7) is 10.4. The summed E-state index contributed by atoms with van der Waals surface area (Å²) < 4.78 is 0. The van der Waals surface area contributed by atoms with Crippen molar-refractivity contribution in [3.8, 4) is 0 Å². The fourth-order valence-electron chi connectivity index (χ4n) is 2.08. The Morgan fingerprint density at radius 1 is 1.36 bits per heavy atom. The largest absolute Gasteiger partial charge is 0.351 e. The molecule has 1 N–H and O–H groups in total. The number of rotatable bonds is 2. The first-order valence-electron chi connectivity index (χ1n) is 5.46. The van der Waals surface area contributed by atoms with E-state index in [0.29, 0.717) is 6.04 Å². The third-order valence-corrected chi connectivity index (χ3v) is 3.11. The van der Waals surface area contributed by atoms with Crippen LogP contribution in [0, 0.1) is 0 Å². The van der Waals surface area contributed by atoms with E-state index in [-0.39, 0.29) is 11.4 Å². The molecule has 0 unspecified atom stereocenters. The Hall–Kier alpha value is -0.570. The number of carbonyl (C=O) groups is 1. The minimum atomic E-state index is 0.0250. The highest BCUT2D eigenvalue weighted by Gasteiger charge is 2.31. The molecule has 82 valence electrons. The van der Waals surface area contributed by atoms with Crippen molar-refractivity contribution in [2.45, 2.75) is 52.1 Å². The molecule has 0 saturated carbocycles. The molecule has 0 atom stereocenters. The molecule has 1 aliphatic rings. The molecule has 0 aromatic carbocycles. The van der Waals surface area contributed by atoms with Gasteiger partial charge in [-0.2, -0.15) is 0 Å². The van der Waals surface area contributed by atoms with Gasteiger partial charge in [-0.25, -0.2) is 0 Å². The highest BCUT2D eigenvalue weighted by atomic mass is 16.1. The van der Waals surface area contributed by atoms with Crippen molar-refractivity contribution in [3.05, 3.63) is 0 Å². The summed E-state index contributed by atoms with van der Waals surface area (Å²) >= 11 is 0. The Morgan fingerprint density at radius 2 is 1.86 bits per heavy atom. The smallest absolute Gasteiger partial charge is 0.217 e. The zero-order valence-corrected chi connectivity index (χ0v) is 9.76. The summed E-state index contributed by atoms with van der Waals surface area (Å²) in [5, 5.41) is 3.05. The fourth-order valence-corrected chi connectivity index (χ4v) is 2.08. The van der Waals surface area contributed by atoms with E-state index in [0.717, 1.165) is 25.9 Å². The molecule has 0 aromatic rings. The Morgan fingerprint density at radius 3 is 2.21 bits per heavy atom. The number of hydrogen-bond donors (Lipinski definition) is 1. The molecule has 14 heavy (non-hydrogen) atoms. The quantitative estimate of drug-likeness (QED) is 0.727. The predicted octanol–water partition coefficient (Wildman–Crippen LogP) is 1.39. The lowest BCUT2D eigenvalue weighted by Crippen LogP contribution is -2.53. The maximum absolute atomic E-state index is 11.0. The van der Waals surface area contributed by atoms with E-state index in [2.05, 4.69) is 31.0 Å². The van der Waals surface area contributed by atoms with Crippen LogP contribution in [0.4, 0.5) is 0 Å². The highest BCUT2D eigenvalue weighted by molar-refractivity contribution is 5.73. The third kappa shape index (κ3) is 2.98. The van der Waals surface area contributed by atoms with E-state index in [1.165, 1.54) is 0 Å². The van der Waals surface area contributed by atoms with Crippen LogP contribution in [0.3, 0.4) is 0 Å². The molecule has 1 amide bonds. The number of hydrogen-bond acceptors (Lipinski definition) is 2. The number of likely N-dealkylation sites (tertiary alicyclic amines) is 1. The number of amides is 1. The van der Waals surface area contributed by atoms with Gasteiger partial charge in [0.25, 0.3) is 0 Å². The number of carbonyl (C=O) groups excluding carboxylic acids is 1. The lowest BCUT2D eigenvalue weighted by Gasteiger charge is -2.41. The molecule has 0 spiro atoms. The number of nitrogens with one attached hydrogen (secondary N) is 1. The maximum Gasteiger partial charge on any atom is 0.217 e. The second kappa shape index (κ2) is 4.30. The van der Waals surface area contributed by atoms with Gasteiger partial charge in [-0.3, -0.25) is 4.79 Å². The monoisotopic (exact) mass is 198 g/mol. The second-order valence-electron chi connectivity index (χ2n) is 4.87. The van der Waals surface area contributed by atoms with Gasteiger partial charge in [0.15, 0.2) is 0 Å². The van der Waals surface area contributed by atoms with E-state index in [9.17, 15) is 4.79 Å². The Bertz CT molecular complexity index is 205. The Kier molecular flexibility index (Phi) is 3.53. The molecular weight excluding hydrogens is 176 g/mol. The Labute approximate surface area is 86.9 Å². The van der Waals surface area contributed by atoms with Crippen LogP contribution in [0.5, 0.6) is 0 Å². The predicted molar refractivity (Wildman–Crippen MR) is 58.2 cm³/mol. The maximum atomic E-state index is 11.0. The zero-order valence-electron chi connectivity index (χ0n) is 9.76. The summed E-state index contributed by atoms with van der Waals surface area (Å²) in [5.74, 6) is 0.0884. The summed E-state index contributed by atoms with van der Waals surface area (Å²) in [4.78, 5) is 13.5. The molecular formula is C11H22N2O. The van der Waals surface area contributed by atoms with Crippen LogP contribution in [0.25, 0.3) is 0 Å². The molecule has 1 aliphatic heterocycles. The van der Waals surface area contributed by atoms with Gasteiger partial charge in [0.05, 0.1) is 0 Å². The van der Waals surface area contributed by atoms with Crippen molar-refractivity contribution in [3.63, 3.8) is 0 Å². The van der Waals surface area contributed by atoms with Crippen LogP contribution < -0.4 is 5.32 Å². The van der Waals surface area contributed by atoms with Gasteiger partial charge < -0.3 is 10.2 Å². The topological polar surface area (TPSA) is 32.3 Å². The third-order valence-electron chi connectivity index (χ3n) is 3.11. The first-order chi connectivity index (χ1) is 6.43. The highest BCUT2D eigenvalue weighted by Crippen LogP contribution is 2.22. The van der Waals surface area contributed by atoms with E-state index < -0.39 is 0 Å². The van der Waals surface area contributed by atoms with E-state index in [1.54, 1.807) is 6.92 Å². The first-order valence-corrected chi connectivity index (χ1v) is 5.46. The average molecular weight is 198 g/mol. The zero-order chi connectivity index (χ0) is 10.8. The molecule has 0 aromatic heterocycles. The molecule has 0 radical (unpaired) electrons. The Balaban J connectivity index is 2.44. The van der Waals surface area contributed by atoms with Gasteiger partial charge in [-0.15, -0.1) is 0 Å². The lowest BCUT2D eigenvalue weighted by atomic mass is 9.89. The molecule has 0 bridgehead atoms. The molecule has 0 aliphatic carbocycles. The molecule has 1 fully saturated rings. The minimum Gasteiger partial charge on any atom is -0.351 e. The van der Waals surface area contributed by atoms with Crippen LogP contribution in [0.1, 0.15) is 40.5 Å². The van der Waals surface area contributed by atoms with E-state index in [1.807, 2.05) is 0 Å². The van der Waals surface area contributed by atoms with E-state index in [4.69, 9.17) is 0 Å². The van der Waals surface area contributed by atoms with Gasteiger partial charge >= 0.3 is 0 Å². The molecule has 1 saturated heterocycles. The van der Waals surface area contributed by atoms with Gasteiger partial charge in [0.2, 0.25) is 5.91 Å². The van der Waals surface area contributed by atoms with Crippen molar-refractivity contribution in [2.24, 2.45) is 0 Å². The average Bonchev–Trinajstić information content (AvgIpc) is 2.02. The SMILES string of the molecule is CC(=O)NC1(C)CCN(C(C)C)CC1. The van der Waals surface area contributed by atoms with Crippen molar-refractivity contribution >= 4 is 5.91 Å². The summed E-state index contributed by atoms with van der Waals surface area (Å²) in [6.07, 6.45) is 2.12. The fraction of sp³-hybridized carbons (Fsp3) is 0.909. The second-order valence-corrected chi connectivity index (χ2v) is 4.87. The molecule has 3 heteroatoms. The van der Waals surface area contributed by atoms with Gasteiger partial charge in [0, 0.05) is 31.6 Å². The van der Waals surface area contributed by atoms with Gasteiger partial charge in [-0.1, -0.05) is 0 Å². The first kappa shape index (κ1) is 11.5. The van der Waals surface area contributed by atoms with Crippen LogP contribution in [0.2, 0.25) is 0 Å². The standard InChI is InChI=1S/C11H22N2O/c1-9(2)13-7-5-11(4,6-8-13)12-10(3)14/h9H,5-8H2,1-4H3,(H,12,14). The summed E-state index contributed by atoms with van der Waals surface area (Å²) in [5.41, 5.74) is 0.0250. The summed E-state index contributed by atoms with van der Waals surface area (Å²) in [7, 11) is 0. The van der Waals surface area contributed by atoms with Crippen LogP contribution in [-0.4, -0.2) is 35.5 Å². The molecule has 1 heterocycles. The van der Waals surface area contributed by atoms with Crippen molar-refractivity contribution in [1.82, 2.24) is 10.2 Å². The van der Waals surface area contributed by atoms with Crippen molar-refractivity contribution < 1.29 is 4.79 Å². The van der Waals surface area contributed by atoms with Crippen molar-refractivity contribution in [1.29, 1.82) is 0 Å². The lowest BCUT2D eigenvalue weighted by molar-refractivity contribution is -0.121. The van der Waals surface area contributed by atoms with Crippen LogP contribution in [-0.2, 0) is 4.79 Å². The molecule has 3 nitrogen and oxygen atoms in total. The van der Waals surface area contributed by atoms with Gasteiger partial charge in [-0.05, 0) is 33.6 Å². The normalized spacial score (nSPS) is 22.4. The van der Waals surface area contributed by atoms with Crippen LogP contribution >= 0.6 is 0 Å². The van der Waals surface area contributed by atoms with Gasteiger partial charge in [0.1, 0.15) is 0 Å². The summed E-state index contributed by atoms with van der Waals surface area (Å²) in [6, 6.07) is 0.622. The van der Waals surface area contributed by atoms with Crippen LogP contribution in [0.15, 0.2) is 0 Å².